The SMILES string of the molecule is C.CCN(CC)CCNc1ccc2ncn3c4ccc(O)cc4c(=O)c1c23. The predicted molar refractivity (Wildman–Crippen MR) is 112 cm³/mol. The van der Waals surface area contributed by atoms with E-state index < -0.39 is 0 Å². The highest BCUT2D eigenvalue weighted by molar-refractivity contribution is 6.07. The normalized spacial score (nSPS) is 11.5. The highest BCUT2D eigenvalue weighted by Crippen LogP contribution is 2.29. The second-order valence-corrected chi connectivity index (χ2v) is 6.45. The second kappa shape index (κ2) is 7.40. The molecule has 0 radical (unpaired) electrons. The number of phenols is 1. The molecule has 0 bridgehead atoms. The zero-order valence-corrected chi connectivity index (χ0v) is 15.0. The number of benzene rings is 2. The number of pyridine rings is 1. The Bertz CT molecular complexity index is 1130. The monoisotopic (exact) mass is 366 g/mol. The van der Waals surface area contributed by atoms with Crippen LogP contribution in [-0.2, 0) is 0 Å². The maximum atomic E-state index is 13.2. The van der Waals surface area contributed by atoms with Crippen LogP contribution in [0.2, 0.25) is 0 Å². The minimum Gasteiger partial charge on any atom is -0.508 e. The summed E-state index contributed by atoms with van der Waals surface area (Å²) in [6.07, 6.45) is 1.73. The summed E-state index contributed by atoms with van der Waals surface area (Å²) in [4.78, 5) is 19.9. The van der Waals surface area contributed by atoms with Crippen LogP contribution in [0, 0.1) is 0 Å². The van der Waals surface area contributed by atoms with Gasteiger partial charge in [0.2, 0.25) is 0 Å². The van der Waals surface area contributed by atoms with Crippen LogP contribution in [0.5, 0.6) is 5.75 Å². The summed E-state index contributed by atoms with van der Waals surface area (Å²) in [6, 6.07) is 8.73. The summed E-state index contributed by atoms with van der Waals surface area (Å²) < 4.78 is 1.93. The lowest BCUT2D eigenvalue weighted by Gasteiger charge is -2.19. The largest absolute Gasteiger partial charge is 0.508 e. The van der Waals surface area contributed by atoms with Crippen molar-refractivity contribution < 1.29 is 5.11 Å². The van der Waals surface area contributed by atoms with Crippen molar-refractivity contribution in [1.29, 1.82) is 0 Å². The van der Waals surface area contributed by atoms with Gasteiger partial charge in [-0.15, -0.1) is 0 Å². The molecule has 2 aromatic heterocycles. The first-order valence-corrected chi connectivity index (χ1v) is 8.98. The van der Waals surface area contributed by atoms with Crippen molar-refractivity contribution in [2.75, 3.05) is 31.5 Å². The topological polar surface area (TPSA) is 69.9 Å². The van der Waals surface area contributed by atoms with Crippen LogP contribution < -0.4 is 10.7 Å². The smallest absolute Gasteiger partial charge is 0.199 e. The third-order valence-corrected chi connectivity index (χ3v) is 5.06. The molecular formula is C21H26N4O2. The van der Waals surface area contributed by atoms with Crippen molar-refractivity contribution in [2.45, 2.75) is 21.3 Å². The molecule has 27 heavy (non-hydrogen) atoms. The van der Waals surface area contributed by atoms with Gasteiger partial charge in [0.25, 0.3) is 0 Å². The van der Waals surface area contributed by atoms with Crippen LogP contribution in [0.15, 0.2) is 41.5 Å². The molecule has 0 saturated heterocycles. The third kappa shape index (κ3) is 3.06. The quantitative estimate of drug-likeness (QED) is 0.511. The molecule has 0 unspecified atom stereocenters. The van der Waals surface area contributed by atoms with Crippen molar-refractivity contribution in [2.24, 2.45) is 0 Å². The van der Waals surface area contributed by atoms with Crippen LogP contribution in [0.25, 0.3) is 27.3 Å². The van der Waals surface area contributed by atoms with Crippen LogP contribution in [0.1, 0.15) is 21.3 Å². The van der Waals surface area contributed by atoms with E-state index in [1.807, 2.05) is 16.5 Å². The number of aromatic hydroxyl groups is 1. The first kappa shape index (κ1) is 18.9. The van der Waals surface area contributed by atoms with E-state index in [1.165, 1.54) is 6.07 Å². The highest BCUT2D eigenvalue weighted by atomic mass is 16.3. The zero-order chi connectivity index (χ0) is 18.3. The molecular weight excluding hydrogens is 340 g/mol. The molecule has 142 valence electrons. The van der Waals surface area contributed by atoms with E-state index in [4.69, 9.17) is 0 Å². The number of aromatic nitrogens is 2. The summed E-state index contributed by atoms with van der Waals surface area (Å²) in [6.45, 7) is 7.96. The van der Waals surface area contributed by atoms with E-state index in [1.54, 1.807) is 18.5 Å². The maximum Gasteiger partial charge on any atom is 0.199 e. The van der Waals surface area contributed by atoms with E-state index in [0.29, 0.717) is 10.8 Å². The van der Waals surface area contributed by atoms with Crippen LogP contribution in [0.3, 0.4) is 0 Å². The molecule has 6 nitrogen and oxygen atoms in total. The number of rotatable bonds is 6. The number of fused-ring (bicyclic) bond motifs is 2. The number of likely N-dealkylation sites (N-methyl/N-ethyl adjacent to an activating group) is 1. The third-order valence-electron chi connectivity index (χ3n) is 5.06. The molecule has 6 heteroatoms. The van der Waals surface area contributed by atoms with Gasteiger partial charge in [-0.2, -0.15) is 0 Å². The van der Waals surface area contributed by atoms with Crippen LogP contribution >= 0.6 is 0 Å². The average molecular weight is 366 g/mol. The Hall–Kier alpha value is -2.86. The van der Waals surface area contributed by atoms with Gasteiger partial charge in [-0.25, -0.2) is 4.98 Å². The molecule has 0 amide bonds. The Labute approximate surface area is 158 Å². The van der Waals surface area contributed by atoms with Crippen molar-refractivity contribution in [3.63, 3.8) is 0 Å². The number of hydrogen-bond acceptors (Lipinski definition) is 5. The first-order valence-electron chi connectivity index (χ1n) is 8.98. The van der Waals surface area contributed by atoms with Crippen LogP contribution in [-0.4, -0.2) is 45.6 Å². The summed E-state index contributed by atoms with van der Waals surface area (Å²) >= 11 is 0. The highest BCUT2D eigenvalue weighted by Gasteiger charge is 2.16. The van der Waals surface area contributed by atoms with Gasteiger partial charge in [0.05, 0.1) is 27.3 Å². The molecule has 4 aromatic rings. The predicted octanol–water partition coefficient (Wildman–Crippen LogP) is 3.53. The van der Waals surface area contributed by atoms with E-state index in [9.17, 15) is 9.90 Å². The standard InChI is InChI=1S/C20H22N4O2.CH4/c1-3-23(4-2)10-9-21-15-6-7-16-19-18(15)20(26)14-11-13(25)5-8-17(14)24(19)12-22-16;/h5-8,11-12,21,25H,3-4,9-10H2,1-2H3;1H4. The number of imidazole rings is 1. The molecule has 0 aliphatic rings. The van der Waals surface area contributed by atoms with Gasteiger partial charge in [0, 0.05) is 18.8 Å². The Morgan fingerprint density at radius 1 is 1.19 bits per heavy atom. The molecule has 0 saturated carbocycles. The van der Waals surface area contributed by atoms with Gasteiger partial charge < -0.3 is 15.3 Å². The van der Waals surface area contributed by atoms with E-state index in [0.717, 1.165) is 48.4 Å². The fourth-order valence-electron chi connectivity index (χ4n) is 3.60. The Balaban J connectivity index is 0.00000210. The van der Waals surface area contributed by atoms with Crippen molar-refractivity contribution in [1.82, 2.24) is 14.3 Å². The second-order valence-electron chi connectivity index (χ2n) is 6.45. The fraction of sp³-hybridized carbons (Fsp3) is 0.333. The molecule has 0 aliphatic heterocycles. The van der Waals surface area contributed by atoms with E-state index >= 15 is 0 Å². The fourth-order valence-corrected chi connectivity index (χ4v) is 3.60. The van der Waals surface area contributed by atoms with Gasteiger partial charge in [-0.05, 0) is 43.4 Å². The minimum atomic E-state index is -0.0835. The Morgan fingerprint density at radius 3 is 2.70 bits per heavy atom. The van der Waals surface area contributed by atoms with Gasteiger partial charge >= 0.3 is 0 Å². The summed E-state index contributed by atoms with van der Waals surface area (Å²) in [5.74, 6) is 0.0869. The molecule has 4 rings (SSSR count). The number of phenolic OH excluding ortho intramolecular Hbond substituents is 1. The summed E-state index contributed by atoms with van der Waals surface area (Å²) in [5.41, 5.74) is 3.09. The van der Waals surface area contributed by atoms with E-state index in [2.05, 4.69) is 29.0 Å². The molecule has 2 aromatic carbocycles. The van der Waals surface area contributed by atoms with Gasteiger partial charge in [-0.3, -0.25) is 9.20 Å². The lowest BCUT2D eigenvalue weighted by Crippen LogP contribution is -2.28. The molecule has 2 N–H and O–H groups in total. The lowest BCUT2D eigenvalue weighted by atomic mass is 10.1. The zero-order valence-electron chi connectivity index (χ0n) is 15.0. The average Bonchev–Trinajstić information content (AvgIpc) is 3.08. The van der Waals surface area contributed by atoms with Gasteiger partial charge in [0.15, 0.2) is 5.43 Å². The number of nitrogens with zero attached hydrogens (tertiary/aromatic N) is 3. The summed E-state index contributed by atoms with van der Waals surface area (Å²) in [7, 11) is 0. The molecule has 0 atom stereocenters. The van der Waals surface area contributed by atoms with Crippen LogP contribution in [0.4, 0.5) is 5.69 Å². The lowest BCUT2D eigenvalue weighted by molar-refractivity contribution is 0.316. The van der Waals surface area contributed by atoms with Crippen molar-refractivity contribution >= 4 is 33.0 Å². The van der Waals surface area contributed by atoms with Crippen molar-refractivity contribution in [3.8, 4) is 5.75 Å². The molecule has 0 spiro atoms. The molecule has 2 heterocycles. The minimum absolute atomic E-state index is 0. The Morgan fingerprint density at radius 2 is 1.96 bits per heavy atom. The number of hydrogen-bond donors (Lipinski definition) is 2. The van der Waals surface area contributed by atoms with Gasteiger partial charge in [-0.1, -0.05) is 21.3 Å². The molecule has 0 aliphatic carbocycles. The molecule has 0 fully saturated rings. The summed E-state index contributed by atoms with van der Waals surface area (Å²) in [5, 5.41) is 14.4. The Kier molecular flexibility index (Phi) is 5.19. The number of anilines is 1. The number of nitrogens with one attached hydrogen (secondary N) is 1. The van der Waals surface area contributed by atoms with Crippen molar-refractivity contribution in [3.05, 3.63) is 46.9 Å². The first-order chi connectivity index (χ1) is 12.6. The van der Waals surface area contributed by atoms with E-state index in [-0.39, 0.29) is 18.6 Å². The maximum absolute atomic E-state index is 13.2. The van der Waals surface area contributed by atoms with Gasteiger partial charge in [0.1, 0.15) is 12.1 Å².